The van der Waals surface area contributed by atoms with Gasteiger partial charge in [0.05, 0.1) is 12.5 Å². The molecule has 0 unspecified atom stereocenters. The van der Waals surface area contributed by atoms with Crippen molar-refractivity contribution in [2.45, 2.75) is 32.6 Å². The number of hydrogen-bond donors (Lipinski definition) is 2. The highest BCUT2D eigenvalue weighted by Gasteiger charge is 2.20. The molecular formula is C32H35N7O4. The first-order valence-electron chi connectivity index (χ1n) is 14.6. The first-order chi connectivity index (χ1) is 20.9. The van der Waals surface area contributed by atoms with Crippen LogP contribution in [0.15, 0.2) is 59.7 Å². The molecule has 0 spiro atoms. The van der Waals surface area contributed by atoms with E-state index in [0.717, 1.165) is 69.8 Å². The van der Waals surface area contributed by atoms with Gasteiger partial charge in [0.25, 0.3) is 5.91 Å². The minimum atomic E-state index is -0.635. The van der Waals surface area contributed by atoms with Gasteiger partial charge in [-0.15, -0.1) is 0 Å². The number of hydroxylamine groups is 1. The molecule has 0 saturated carbocycles. The van der Waals surface area contributed by atoms with Gasteiger partial charge in [-0.25, -0.2) is 10.5 Å². The molecule has 1 fully saturated rings. The van der Waals surface area contributed by atoms with Crippen molar-refractivity contribution < 1.29 is 14.4 Å². The van der Waals surface area contributed by atoms with Crippen molar-refractivity contribution in [3.05, 3.63) is 87.3 Å². The van der Waals surface area contributed by atoms with Gasteiger partial charge in [-0.2, -0.15) is 4.98 Å². The lowest BCUT2D eigenvalue weighted by atomic mass is 10.1. The van der Waals surface area contributed by atoms with Gasteiger partial charge in [-0.3, -0.25) is 24.1 Å². The molecule has 43 heavy (non-hydrogen) atoms. The average molecular weight is 582 g/mol. The van der Waals surface area contributed by atoms with Gasteiger partial charge in [0.2, 0.25) is 17.3 Å². The van der Waals surface area contributed by atoms with Crippen molar-refractivity contribution in [3.8, 4) is 5.69 Å². The van der Waals surface area contributed by atoms with E-state index in [2.05, 4.69) is 44.9 Å². The van der Waals surface area contributed by atoms with Crippen LogP contribution in [-0.2, 0) is 28.9 Å². The Balaban J connectivity index is 1.27. The molecule has 0 atom stereocenters. The maximum absolute atomic E-state index is 13.3. The highest BCUT2D eigenvalue weighted by Crippen LogP contribution is 2.26. The standard InChI is InChI=1S/C32H35N7O4/c1-21(40)38-15-13-37(14-16-38)12-11-22-5-3-8-25(17-22)34-32-33-19-27-29(41)28(31(42)36-43-2)20-39(30(27)35-32)26-10-9-23-6-4-7-24(23)18-26/h3,5,8-10,17-20H,4,6-7,11-16H2,1-2H3,(H,36,42)(H,33,34,35). The summed E-state index contributed by atoms with van der Waals surface area (Å²) >= 11 is 0. The lowest BCUT2D eigenvalue weighted by Gasteiger charge is -2.34. The molecule has 2 N–H and O–H groups in total. The molecule has 2 aromatic carbocycles. The van der Waals surface area contributed by atoms with Gasteiger partial charge in [0.1, 0.15) is 5.56 Å². The molecule has 222 valence electrons. The van der Waals surface area contributed by atoms with E-state index in [1.165, 1.54) is 36.2 Å². The number of hydrogen-bond acceptors (Lipinski definition) is 8. The van der Waals surface area contributed by atoms with Crippen molar-refractivity contribution in [2.75, 3.05) is 45.2 Å². The van der Waals surface area contributed by atoms with E-state index in [0.29, 0.717) is 11.6 Å². The largest absolute Gasteiger partial charge is 0.340 e. The molecule has 0 bridgehead atoms. The van der Waals surface area contributed by atoms with Gasteiger partial charge in [0, 0.05) is 63.4 Å². The number of carbonyl (C=O) groups is 2. The highest BCUT2D eigenvalue weighted by molar-refractivity contribution is 5.96. The summed E-state index contributed by atoms with van der Waals surface area (Å²) in [4.78, 5) is 55.9. The topological polar surface area (TPSA) is 122 Å². The lowest BCUT2D eigenvalue weighted by Crippen LogP contribution is -2.48. The Morgan fingerprint density at radius 3 is 2.63 bits per heavy atom. The fourth-order valence-corrected chi connectivity index (χ4v) is 5.89. The minimum Gasteiger partial charge on any atom is -0.340 e. The molecule has 1 saturated heterocycles. The normalized spacial score (nSPS) is 15.0. The zero-order chi connectivity index (χ0) is 29.9. The first kappa shape index (κ1) is 28.5. The summed E-state index contributed by atoms with van der Waals surface area (Å²) in [6, 6.07) is 14.3. The summed E-state index contributed by atoms with van der Waals surface area (Å²) in [5, 5.41) is 3.53. The lowest BCUT2D eigenvalue weighted by molar-refractivity contribution is -0.130. The maximum atomic E-state index is 13.3. The van der Waals surface area contributed by atoms with Crippen LogP contribution in [0.3, 0.4) is 0 Å². The van der Waals surface area contributed by atoms with E-state index in [1.54, 1.807) is 11.5 Å². The van der Waals surface area contributed by atoms with E-state index in [9.17, 15) is 14.4 Å². The second kappa shape index (κ2) is 12.3. The minimum absolute atomic E-state index is 0.0606. The number of aromatic nitrogens is 3. The highest BCUT2D eigenvalue weighted by atomic mass is 16.6. The number of nitrogens with one attached hydrogen (secondary N) is 2. The Morgan fingerprint density at radius 2 is 1.84 bits per heavy atom. The van der Waals surface area contributed by atoms with Crippen LogP contribution in [0.4, 0.5) is 11.6 Å². The molecule has 0 radical (unpaired) electrons. The van der Waals surface area contributed by atoms with Crippen LogP contribution in [0, 0.1) is 0 Å². The monoisotopic (exact) mass is 581 g/mol. The number of rotatable bonds is 8. The molecule has 1 aliphatic carbocycles. The van der Waals surface area contributed by atoms with Crippen molar-refractivity contribution in [1.29, 1.82) is 0 Å². The van der Waals surface area contributed by atoms with E-state index in [-0.39, 0.29) is 16.9 Å². The fraction of sp³-hybridized carbons (Fsp3) is 0.344. The Hall–Kier alpha value is -4.61. The molecule has 2 aliphatic rings. The summed E-state index contributed by atoms with van der Waals surface area (Å²) in [5.41, 5.74) is 7.51. The second-order valence-electron chi connectivity index (χ2n) is 11.0. The number of anilines is 2. The predicted octanol–water partition coefficient (Wildman–Crippen LogP) is 3.01. The third-order valence-electron chi connectivity index (χ3n) is 8.26. The zero-order valence-corrected chi connectivity index (χ0v) is 24.4. The number of nitrogens with zero attached hydrogens (tertiary/aromatic N) is 5. The molecule has 2 aromatic heterocycles. The summed E-state index contributed by atoms with van der Waals surface area (Å²) in [6.07, 6.45) is 7.00. The molecule has 2 amide bonds. The molecule has 6 rings (SSSR count). The van der Waals surface area contributed by atoms with Crippen LogP contribution < -0.4 is 16.2 Å². The number of benzene rings is 2. The van der Waals surface area contributed by atoms with Gasteiger partial charge in [-0.05, 0) is 66.6 Å². The van der Waals surface area contributed by atoms with Crippen LogP contribution in [0.2, 0.25) is 0 Å². The maximum Gasteiger partial charge on any atom is 0.280 e. The predicted molar refractivity (Wildman–Crippen MR) is 164 cm³/mol. The van der Waals surface area contributed by atoms with Gasteiger partial charge >= 0.3 is 0 Å². The molecular weight excluding hydrogens is 546 g/mol. The van der Waals surface area contributed by atoms with Crippen molar-refractivity contribution >= 4 is 34.5 Å². The Morgan fingerprint density at radius 1 is 1.02 bits per heavy atom. The van der Waals surface area contributed by atoms with Crippen LogP contribution in [0.5, 0.6) is 0 Å². The Bertz CT molecular complexity index is 1740. The van der Waals surface area contributed by atoms with Gasteiger partial charge in [0.15, 0.2) is 5.65 Å². The van der Waals surface area contributed by atoms with Crippen LogP contribution in [0.1, 0.15) is 40.4 Å². The number of aryl methyl sites for hydroxylation is 2. The molecule has 11 nitrogen and oxygen atoms in total. The summed E-state index contributed by atoms with van der Waals surface area (Å²) in [6.45, 7) is 5.83. The third-order valence-corrected chi connectivity index (χ3v) is 8.26. The SMILES string of the molecule is CONC(=O)c1cn(-c2ccc3c(c2)CCC3)c2nc(Nc3cccc(CCN4CCN(C(C)=O)CC4)c3)ncc2c1=O. The summed E-state index contributed by atoms with van der Waals surface area (Å²) in [5.74, 6) is -0.159. The van der Waals surface area contributed by atoms with Crippen molar-refractivity contribution in [3.63, 3.8) is 0 Å². The molecule has 3 heterocycles. The Labute approximate surface area is 249 Å². The van der Waals surface area contributed by atoms with Crippen molar-refractivity contribution in [2.24, 2.45) is 0 Å². The number of piperazine rings is 1. The summed E-state index contributed by atoms with van der Waals surface area (Å²) in [7, 11) is 1.32. The van der Waals surface area contributed by atoms with Crippen LogP contribution in [-0.4, -0.2) is 76.0 Å². The molecule has 11 heteroatoms. The fourth-order valence-electron chi connectivity index (χ4n) is 5.89. The quantitative estimate of drug-likeness (QED) is 0.305. The Kier molecular flexibility index (Phi) is 8.17. The smallest absolute Gasteiger partial charge is 0.280 e. The van der Waals surface area contributed by atoms with E-state index >= 15 is 0 Å². The zero-order valence-electron chi connectivity index (χ0n) is 24.4. The number of fused-ring (bicyclic) bond motifs is 2. The van der Waals surface area contributed by atoms with E-state index < -0.39 is 11.3 Å². The first-order valence-corrected chi connectivity index (χ1v) is 14.6. The third kappa shape index (κ3) is 6.13. The molecule has 4 aromatic rings. The van der Waals surface area contributed by atoms with Crippen LogP contribution >= 0.6 is 0 Å². The number of pyridine rings is 1. The van der Waals surface area contributed by atoms with Gasteiger partial charge in [-0.1, -0.05) is 18.2 Å². The van der Waals surface area contributed by atoms with Gasteiger partial charge < -0.3 is 14.8 Å². The summed E-state index contributed by atoms with van der Waals surface area (Å²) < 4.78 is 1.77. The van der Waals surface area contributed by atoms with E-state index in [4.69, 9.17) is 9.82 Å². The number of amides is 2. The van der Waals surface area contributed by atoms with Crippen LogP contribution in [0.25, 0.3) is 16.7 Å². The van der Waals surface area contributed by atoms with E-state index in [1.807, 2.05) is 23.1 Å². The molecule has 1 aliphatic heterocycles. The average Bonchev–Trinajstić information content (AvgIpc) is 3.49. The van der Waals surface area contributed by atoms with Crippen molar-refractivity contribution in [1.82, 2.24) is 29.8 Å². The second-order valence-corrected chi connectivity index (χ2v) is 11.0. The number of carbonyl (C=O) groups excluding carboxylic acids is 2.